The lowest BCUT2D eigenvalue weighted by Gasteiger charge is -2.23. The first-order chi connectivity index (χ1) is 20.3. The SMILES string of the molecule is O=C(O)CCNC(=O)c1ccc(CN(c2ccc(SC(F)(F)F)cc2)c2nc(-c3ccc(OC(F)(F)F)cc3)cs2)cc1. The summed E-state index contributed by atoms with van der Waals surface area (Å²) in [6.45, 7) is 0.175. The van der Waals surface area contributed by atoms with E-state index in [-0.39, 0.29) is 41.9 Å². The van der Waals surface area contributed by atoms with Gasteiger partial charge in [-0.25, -0.2) is 4.98 Å². The van der Waals surface area contributed by atoms with Gasteiger partial charge in [-0.15, -0.1) is 24.5 Å². The fraction of sp³-hybridized carbons (Fsp3) is 0.179. The highest BCUT2D eigenvalue weighted by atomic mass is 32.2. The molecule has 2 N–H and O–H groups in total. The first-order valence-corrected chi connectivity index (χ1v) is 14.0. The maximum absolute atomic E-state index is 12.8. The predicted octanol–water partition coefficient (Wildman–Crippen LogP) is 7.86. The Labute approximate surface area is 249 Å². The number of rotatable bonds is 11. The summed E-state index contributed by atoms with van der Waals surface area (Å²) in [6.07, 6.45) is -5.05. The molecular formula is C28H21F6N3O4S2. The molecule has 0 saturated carbocycles. The van der Waals surface area contributed by atoms with E-state index in [4.69, 9.17) is 5.11 Å². The number of thioether (sulfide) groups is 1. The van der Waals surface area contributed by atoms with Crippen molar-refractivity contribution in [2.24, 2.45) is 0 Å². The Morgan fingerprint density at radius 2 is 1.58 bits per heavy atom. The number of aliphatic carboxylic acids is 1. The Hall–Kier alpha value is -4.24. The molecule has 7 nitrogen and oxygen atoms in total. The third-order valence-electron chi connectivity index (χ3n) is 5.67. The number of alkyl halides is 6. The van der Waals surface area contributed by atoms with Gasteiger partial charge in [0.15, 0.2) is 5.13 Å². The summed E-state index contributed by atoms with van der Waals surface area (Å²) in [7, 11) is 0. The number of thiazole rings is 1. The number of carboxylic acid groups (broad SMARTS) is 1. The lowest BCUT2D eigenvalue weighted by atomic mass is 10.1. The van der Waals surface area contributed by atoms with E-state index in [0.29, 0.717) is 27.6 Å². The molecule has 43 heavy (non-hydrogen) atoms. The lowest BCUT2D eigenvalue weighted by Crippen LogP contribution is -2.26. The summed E-state index contributed by atoms with van der Waals surface area (Å²) in [4.78, 5) is 29.3. The molecule has 3 aromatic carbocycles. The van der Waals surface area contributed by atoms with Gasteiger partial charge in [-0.3, -0.25) is 9.59 Å². The van der Waals surface area contributed by atoms with E-state index in [1.807, 2.05) is 0 Å². The fourth-order valence-corrected chi connectivity index (χ4v) is 5.17. The summed E-state index contributed by atoms with van der Waals surface area (Å²) in [5, 5.41) is 13.4. The number of ether oxygens (including phenoxy) is 1. The Bertz CT molecular complexity index is 1540. The highest BCUT2D eigenvalue weighted by molar-refractivity contribution is 8.00. The van der Waals surface area contributed by atoms with Gasteiger partial charge in [-0.05, 0) is 78.0 Å². The number of anilines is 2. The molecule has 0 fully saturated rings. The van der Waals surface area contributed by atoms with E-state index in [1.165, 1.54) is 47.7 Å². The summed E-state index contributed by atoms with van der Waals surface area (Å²) in [6, 6.07) is 17.4. The number of carbonyl (C=O) groups is 2. The number of hydrogen-bond donors (Lipinski definition) is 2. The van der Waals surface area contributed by atoms with Crippen molar-refractivity contribution in [1.29, 1.82) is 0 Å². The van der Waals surface area contributed by atoms with Gasteiger partial charge >= 0.3 is 17.8 Å². The topological polar surface area (TPSA) is 91.8 Å². The molecule has 4 rings (SSSR count). The molecule has 1 aromatic heterocycles. The molecule has 1 amide bonds. The number of amides is 1. The molecule has 0 spiro atoms. The Kier molecular flexibility index (Phi) is 9.86. The minimum Gasteiger partial charge on any atom is -0.481 e. The van der Waals surface area contributed by atoms with Gasteiger partial charge in [0.1, 0.15) is 5.75 Å². The monoisotopic (exact) mass is 641 g/mol. The normalized spacial score (nSPS) is 11.7. The highest BCUT2D eigenvalue weighted by Crippen LogP contribution is 2.39. The van der Waals surface area contributed by atoms with Crippen LogP contribution in [0.3, 0.4) is 0 Å². The number of aromatic nitrogens is 1. The van der Waals surface area contributed by atoms with Crippen LogP contribution in [0.15, 0.2) is 83.1 Å². The summed E-state index contributed by atoms with van der Waals surface area (Å²) in [5.74, 6) is -1.87. The number of hydrogen-bond acceptors (Lipinski definition) is 7. The third kappa shape index (κ3) is 9.64. The van der Waals surface area contributed by atoms with Crippen molar-refractivity contribution in [3.63, 3.8) is 0 Å². The number of halogens is 6. The van der Waals surface area contributed by atoms with Crippen LogP contribution < -0.4 is 15.0 Å². The van der Waals surface area contributed by atoms with Crippen molar-refractivity contribution in [3.8, 4) is 17.0 Å². The minimum atomic E-state index is -4.83. The summed E-state index contributed by atoms with van der Waals surface area (Å²) in [5.41, 5.74) is -1.91. The maximum atomic E-state index is 12.8. The molecule has 0 saturated heterocycles. The van der Waals surface area contributed by atoms with Gasteiger partial charge in [0, 0.05) is 33.6 Å². The van der Waals surface area contributed by atoms with Crippen LogP contribution >= 0.6 is 23.1 Å². The molecule has 226 valence electrons. The van der Waals surface area contributed by atoms with Crippen molar-refractivity contribution in [3.05, 3.63) is 89.3 Å². The molecule has 4 aromatic rings. The van der Waals surface area contributed by atoms with E-state index in [1.54, 1.807) is 34.5 Å². The number of nitrogens with zero attached hydrogens (tertiary/aromatic N) is 2. The molecule has 0 radical (unpaired) electrons. The zero-order valence-electron chi connectivity index (χ0n) is 21.8. The largest absolute Gasteiger partial charge is 0.573 e. The second kappa shape index (κ2) is 13.4. The van der Waals surface area contributed by atoms with Gasteiger partial charge in [-0.2, -0.15) is 13.2 Å². The highest BCUT2D eigenvalue weighted by Gasteiger charge is 2.31. The minimum absolute atomic E-state index is 0.00421. The van der Waals surface area contributed by atoms with Crippen LogP contribution in [0.5, 0.6) is 5.75 Å². The van der Waals surface area contributed by atoms with E-state index in [0.717, 1.165) is 17.7 Å². The Morgan fingerprint density at radius 3 is 2.16 bits per heavy atom. The van der Waals surface area contributed by atoms with Crippen LogP contribution in [0.1, 0.15) is 22.3 Å². The standard InChI is InChI=1S/C28H21F6N3O4S2/c29-27(30,31)41-21-9-5-18(6-10-21)23-16-42-26(36-23)37(20-7-11-22(12-8-20)43-28(32,33)34)15-17-1-3-19(4-2-17)25(40)35-14-13-24(38)39/h1-12,16H,13-15H2,(H,35,40)(H,38,39). The molecule has 0 aliphatic rings. The van der Waals surface area contributed by atoms with Gasteiger partial charge in [0.2, 0.25) is 0 Å². The van der Waals surface area contributed by atoms with Crippen molar-refractivity contribution >= 4 is 45.8 Å². The first-order valence-electron chi connectivity index (χ1n) is 12.3. The second-order valence-electron chi connectivity index (χ2n) is 8.81. The number of benzene rings is 3. The summed E-state index contributed by atoms with van der Waals surface area (Å²) < 4.78 is 79.9. The summed E-state index contributed by atoms with van der Waals surface area (Å²) >= 11 is 0.976. The van der Waals surface area contributed by atoms with Crippen LogP contribution in [0.4, 0.5) is 37.2 Å². The predicted molar refractivity (Wildman–Crippen MR) is 149 cm³/mol. The van der Waals surface area contributed by atoms with Crippen LogP contribution in [-0.2, 0) is 11.3 Å². The molecule has 0 aliphatic carbocycles. The van der Waals surface area contributed by atoms with Crippen molar-refractivity contribution < 1.29 is 45.8 Å². The van der Waals surface area contributed by atoms with Crippen molar-refractivity contribution in [1.82, 2.24) is 10.3 Å². The smallest absolute Gasteiger partial charge is 0.481 e. The maximum Gasteiger partial charge on any atom is 0.573 e. The van der Waals surface area contributed by atoms with E-state index < -0.39 is 23.7 Å². The van der Waals surface area contributed by atoms with E-state index in [2.05, 4.69) is 15.0 Å². The first kappa shape index (κ1) is 31.7. The van der Waals surface area contributed by atoms with Crippen LogP contribution in [0, 0.1) is 0 Å². The second-order valence-corrected chi connectivity index (χ2v) is 10.8. The molecule has 0 aliphatic heterocycles. The average Bonchev–Trinajstić information content (AvgIpc) is 3.41. The fourth-order valence-electron chi connectivity index (χ4n) is 3.77. The van der Waals surface area contributed by atoms with Gasteiger partial charge in [-0.1, -0.05) is 12.1 Å². The van der Waals surface area contributed by atoms with Gasteiger partial charge in [0.25, 0.3) is 5.91 Å². The molecule has 0 atom stereocenters. The molecule has 15 heteroatoms. The zero-order valence-corrected chi connectivity index (χ0v) is 23.4. The van der Waals surface area contributed by atoms with Crippen LogP contribution in [-0.4, -0.2) is 40.4 Å². The Morgan fingerprint density at radius 1 is 0.930 bits per heavy atom. The third-order valence-corrected chi connectivity index (χ3v) is 7.27. The molecule has 0 bridgehead atoms. The number of nitrogens with one attached hydrogen (secondary N) is 1. The average molecular weight is 642 g/mol. The van der Waals surface area contributed by atoms with Crippen molar-refractivity contribution in [2.75, 3.05) is 11.4 Å². The van der Waals surface area contributed by atoms with E-state index >= 15 is 0 Å². The van der Waals surface area contributed by atoms with E-state index in [9.17, 15) is 35.9 Å². The quantitative estimate of drug-likeness (QED) is 0.127. The van der Waals surface area contributed by atoms with Crippen molar-refractivity contribution in [2.45, 2.75) is 29.7 Å². The molecule has 0 unspecified atom stereocenters. The molecular weight excluding hydrogens is 620 g/mol. The van der Waals surface area contributed by atoms with Crippen LogP contribution in [0.2, 0.25) is 0 Å². The van der Waals surface area contributed by atoms with Gasteiger partial charge in [0.05, 0.1) is 18.7 Å². The Balaban J connectivity index is 1.57. The zero-order chi connectivity index (χ0) is 31.2. The van der Waals surface area contributed by atoms with Crippen LogP contribution in [0.25, 0.3) is 11.3 Å². The number of carboxylic acids is 1. The van der Waals surface area contributed by atoms with Gasteiger partial charge < -0.3 is 20.1 Å². The number of carbonyl (C=O) groups excluding carboxylic acids is 1. The lowest BCUT2D eigenvalue weighted by molar-refractivity contribution is -0.274. The molecule has 1 heterocycles.